The van der Waals surface area contributed by atoms with Crippen LogP contribution in [0.2, 0.25) is 0 Å². The van der Waals surface area contributed by atoms with E-state index in [1.807, 2.05) is 13.8 Å². The first kappa shape index (κ1) is 11.8. The third-order valence-corrected chi connectivity index (χ3v) is 3.35. The van der Waals surface area contributed by atoms with Crippen LogP contribution in [0.5, 0.6) is 0 Å². The van der Waals surface area contributed by atoms with Gasteiger partial charge in [-0.1, -0.05) is 55.8 Å². The maximum Gasteiger partial charge on any atom is 0.139 e. The minimum Gasteiger partial charge on any atom is -0.299 e. The van der Waals surface area contributed by atoms with E-state index in [2.05, 4.69) is 43.3 Å². The lowest BCUT2D eigenvalue weighted by Gasteiger charge is -2.10. The molecule has 17 heavy (non-hydrogen) atoms. The molecule has 0 fully saturated rings. The molecule has 1 atom stereocenters. The van der Waals surface area contributed by atoms with Gasteiger partial charge in [0.15, 0.2) is 0 Å². The minimum absolute atomic E-state index is 0.00528. The highest BCUT2D eigenvalue weighted by atomic mass is 16.1. The van der Waals surface area contributed by atoms with E-state index < -0.39 is 0 Å². The molecule has 0 saturated carbocycles. The van der Waals surface area contributed by atoms with Gasteiger partial charge in [0.2, 0.25) is 0 Å². The van der Waals surface area contributed by atoms with Crippen molar-refractivity contribution in [1.29, 1.82) is 0 Å². The Labute approximate surface area is 102 Å². The largest absolute Gasteiger partial charge is 0.299 e. The van der Waals surface area contributed by atoms with E-state index >= 15 is 0 Å². The van der Waals surface area contributed by atoms with Crippen molar-refractivity contribution in [1.82, 2.24) is 0 Å². The average Bonchev–Trinajstić information content (AvgIpc) is 2.36. The number of carbonyl (C=O) groups is 1. The zero-order chi connectivity index (χ0) is 12.4. The Kier molecular flexibility index (Phi) is 3.28. The zero-order valence-electron chi connectivity index (χ0n) is 10.7. The van der Waals surface area contributed by atoms with Crippen molar-refractivity contribution in [2.75, 3.05) is 0 Å². The first-order valence-electron chi connectivity index (χ1n) is 6.15. The van der Waals surface area contributed by atoms with E-state index in [0.29, 0.717) is 12.2 Å². The fourth-order valence-corrected chi connectivity index (χ4v) is 2.15. The predicted molar refractivity (Wildman–Crippen MR) is 72.4 cm³/mol. The molecule has 0 bridgehead atoms. The molecule has 1 nitrogen and oxygen atoms in total. The molecule has 0 aliphatic carbocycles. The van der Waals surface area contributed by atoms with Crippen molar-refractivity contribution in [2.45, 2.75) is 33.1 Å². The van der Waals surface area contributed by atoms with Crippen LogP contribution in [-0.4, -0.2) is 5.78 Å². The van der Waals surface area contributed by atoms with Gasteiger partial charge in [0.1, 0.15) is 5.78 Å². The number of carbonyl (C=O) groups excluding carboxylic acids is 1. The highest BCUT2D eigenvalue weighted by Gasteiger charge is 2.13. The summed E-state index contributed by atoms with van der Waals surface area (Å²) in [7, 11) is 0. The molecule has 0 N–H and O–H groups in total. The predicted octanol–water partition coefficient (Wildman–Crippen LogP) is 4.23. The number of rotatable bonds is 3. The molecular weight excluding hydrogens is 208 g/mol. The van der Waals surface area contributed by atoms with Gasteiger partial charge in [-0.25, -0.2) is 0 Å². The van der Waals surface area contributed by atoms with Gasteiger partial charge in [-0.05, 0) is 23.3 Å². The van der Waals surface area contributed by atoms with Crippen molar-refractivity contribution in [3.05, 3.63) is 47.5 Å². The van der Waals surface area contributed by atoms with E-state index in [1.54, 1.807) is 0 Å². The minimum atomic E-state index is 0.00528. The van der Waals surface area contributed by atoms with Crippen LogP contribution >= 0.6 is 0 Å². The molecule has 0 aromatic heterocycles. The monoisotopic (exact) mass is 226 g/mol. The van der Waals surface area contributed by atoms with Crippen LogP contribution in [0.3, 0.4) is 0 Å². The quantitative estimate of drug-likeness (QED) is 0.765. The van der Waals surface area contributed by atoms with Crippen LogP contribution in [0.1, 0.15) is 37.3 Å². The summed E-state index contributed by atoms with van der Waals surface area (Å²) in [5, 5.41) is 2.45. The molecule has 2 aromatic carbocycles. The molecule has 0 radical (unpaired) electrons. The second kappa shape index (κ2) is 4.70. The standard InChI is InChI=1S/C16H18O/c1-4-16(17)12(3)13-7-8-14-9-11(2)5-6-15(14)10-13/h5-10,12H,4H2,1-3H3/t12-/m0/s1. The lowest BCUT2D eigenvalue weighted by Crippen LogP contribution is -2.07. The molecule has 0 aliphatic rings. The molecule has 88 valence electrons. The number of benzene rings is 2. The second-order valence-corrected chi connectivity index (χ2v) is 4.65. The van der Waals surface area contributed by atoms with Crippen LogP contribution in [0.25, 0.3) is 10.8 Å². The smallest absolute Gasteiger partial charge is 0.139 e. The van der Waals surface area contributed by atoms with Gasteiger partial charge >= 0.3 is 0 Å². The van der Waals surface area contributed by atoms with Crippen molar-refractivity contribution in [2.24, 2.45) is 0 Å². The summed E-state index contributed by atoms with van der Waals surface area (Å²) < 4.78 is 0. The molecule has 1 heteroatoms. The molecule has 0 aliphatic heterocycles. The Morgan fingerprint density at radius 1 is 1.12 bits per heavy atom. The maximum absolute atomic E-state index is 11.7. The average molecular weight is 226 g/mol. The number of aryl methyl sites for hydroxylation is 1. The Bertz CT molecular complexity index is 554. The number of fused-ring (bicyclic) bond motifs is 1. The van der Waals surface area contributed by atoms with Crippen molar-refractivity contribution >= 4 is 16.6 Å². The lowest BCUT2D eigenvalue weighted by atomic mass is 9.93. The summed E-state index contributed by atoms with van der Waals surface area (Å²) in [6.07, 6.45) is 0.604. The van der Waals surface area contributed by atoms with Gasteiger partial charge in [0.05, 0.1) is 0 Å². The van der Waals surface area contributed by atoms with Crippen molar-refractivity contribution in [3.63, 3.8) is 0 Å². The SMILES string of the molecule is CCC(=O)[C@@H](C)c1ccc2cc(C)ccc2c1. The molecule has 0 amide bonds. The number of ketones is 1. The summed E-state index contributed by atoms with van der Waals surface area (Å²) in [5.74, 6) is 0.308. The number of Topliss-reactive ketones (excluding diaryl/α,β-unsaturated/α-hetero) is 1. The summed E-state index contributed by atoms with van der Waals surface area (Å²) in [6, 6.07) is 12.7. The van der Waals surface area contributed by atoms with Gasteiger partial charge in [0.25, 0.3) is 0 Å². The molecular formula is C16H18O. The number of hydrogen-bond acceptors (Lipinski definition) is 1. The molecule has 2 rings (SSSR count). The van der Waals surface area contributed by atoms with Crippen LogP contribution in [-0.2, 0) is 4.79 Å². The Morgan fingerprint density at radius 2 is 1.76 bits per heavy atom. The van der Waals surface area contributed by atoms with Gasteiger partial charge in [-0.15, -0.1) is 0 Å². The molecule has 0 heterocycles. The Balaban J connectivity index is 2.44. The van der Waals surface area contributed by atoms with Crippen LogP contribution < -0.4 is 0 Å². The fourth-order valence-electron chi connectivity index (χ4n) is 2.15. The van der Waals surface area contributed by atoms with E-state index in [0.717, 1.165) is 5.56 Å². The second-order valence-electron chi connectivity index (χ2n) is 4.65. The molecule has 0 unspecified atom stereocenters. The third-order valence-electron chi connectivity index (χ3n) is 3.35. The summed E-state index contributed by atoms with van der Waals surface area (Å²) >= 11 is 0. The number of hydrogen-bond donors (Lipinski definition) is 0. The van der Waals surface area contributed by atoms with Gasteiger partial charge in [-0.2, -0.15) is 0 Å². The Hall–Kier alpha value is -1.63. The highest BCUT2D eigenvalue weighted by molar-refractivity contribution is 5.88. The Morgan fingerprint density at radius 3 is 2.47 bits per heavy atom. The van der Waals surface area contributed by atoms with Crippen LogP contribution in [0.4, 0.5) is 0 Å². The van der Waals surface area contributed by atoms with Crippen LogP contribution in [0.15, 0.2) is 36.4 Å². The first-order chi connectivity index (χ1) is 8.11. The molecule has 0 saturated heterocycles. The third kappa shape index (κ3) is 2.38. The summed E-state index contributed by atoms with van der Waals surface area (Å²) in [5.41, 5.74) is 2.39. The van der Waals surface area contributed by atoms with Gasteiger partial charge < -0.3 is 0 Å². The molecule has 2 aromatic rings. The van der Waals surface area contributed by atoms with Gasteiger partial charge in [-0.3, -0.25) is 4.79 Å². The fraction of sp³-hybridized carbons (Fsp3) is 0.312. The van der Waals surface area contributed by atoms with Crippen molar-refractivity contribution in [3.8, 4) is 0 Å². The normalized spacial score (nSPS) is 12.6. The molecule has 0 spiro atoms. The summed E-state index contributed by atoms with van der Waals surface area (Å²) in [4.78, 5) is 11.7. The summed E-state index contributed by atoms with van der Waals surface area (Å²) in [6.45, 7) is 6.00. The van der Waals surface area contributed by atoms with E-state index in [1.165, 1.54) is 16.3 Å². The van der Waals surface area contributed by atoms with E-state index in [9.17, 15) is 4.79 Å². The van der Waals surface area contributed by atoms with E-state index in [-0.39, 0.29) is 5.92 Å². The topological polar surface area (TPSA) is 17.1 Å². The highest BCUT2D eigenvalue weighted by Crippen LogP contribution is 2.23. The first-order valence-corrected chi connectivity index (χ1v) is 6.15. The van der Waals surface area contributed by atoms with E-state index in [4.69, 9.17) is 0 Å². The van der Waals surface area contributed by atoms with Gasteiger partial charge in [0, 0.05) is 12.3 Å². The maximum atomic E-state index is 11.7. The van der Waals surface area contributed by atoms with Crippen molar-refractivity contribution < 1.29 is 4.79 Å². The zero-order valence-corrected chi connectivity index (χ0v) is 10.7. The lowest BCUT2D eigenvalue weighted by molar-refractivity contribution is -0.119. The van der Waals surface area contributed by atoms with Crippen LogP contribution in [0, 0.1) is 6.92 Å².